The zero-order valence-corrected chi connectivity index (χ0v) is 11.8. The van der Waals surface area contributed by atoms with Crippen LogP contribution >= 0.6 is 0 Å². The van der Waals surface area contributed by atoms with E-state index >= 15 is 0 Å². The standard InChI is InChI=1S/C14H25N3O/c1-4-5-6-7-8-9-10-15-14-16-12(2)11-13(17-14)18-3/h11H,4-10H2,1-3H3,(H,15,16,17). The quantitative estimate of drug-likeness (QED) is 0.682. The normalized spacial score (nSPS) is 10.4. The van der Waals surface area contributed by atoms with Crippen molar-refractivity contribution in [2.75, 3.05) is 19.0 Å². The third-order valence-corrected chi connectivity index (χ3v) is 2.85. The van der Waals surface area contributed by atoms with Gasteiger partial charge in [-0.05, 0) is 13.3 Å². The van der Waals surface area contributed by atoms with Gasteiger partial charge in [-0.25, -0.2) is 4.98 Å². The zero-order valence-electron chi connectivity index (χ0n) is 11.8. The Hall–Kier alpha value is -1.32. The van der Waals surface area contributed by atoms with Crippen molar-refractivity contribution >= 4 is 5.95 Å². The molecule has 0 bridgehead atoms. The maximum absolute atomic E-state index is 5.12. The largest absolute Gasteiger partial charge is 0.481 e. The summed E-state index contributed by atoms with van der Waals surface area (Å²) in [7, 11) is 1.62. The third kappa shape index (κ3) is 5.84. The Balaban J connectivity index is 2.20. The van der Waals surface area contributed by atoms with Crippen LogP contribution in [-0.2, 0) is 0 Å². The molecule has 0 aromatic carbocycles. The Morgan fingerprint density at radius 2 is 1.83 bits per heavy atom. The molecule has 0 saturated heterocycles. The van der Waals surface area contributed by atoms with E-state index in [1.54, 1.807) is 7.11 Å². The Kier molecular flexibility index (Phi) is 7.14. The van der Waals surface area contributed by atoms with Crippen LogP contribution in [0.4, 0.5) is 5.95 Å². The van der Waals surface area contributed by atoms with Gasteiger partial charge in [-0.2, -0.15) is 4.98 Å². The molecule has 1 aromatic heterocycles. The molecule has 4 nitrogen and oxygen atoms in total. The van der Waals surface area contributed by atoms with Crippen molar-refractivity contribution in [1.82, 2.24) is 9.97 Å². The molecule has 1 heterocycles. The van der Waals surface area contributed by atoms with Crippen LogP contribution in [0.25, 0.3) is 0 Å². The van der Waals surface area contributed by atoms with Crippen LogP contribution < -0.4 is 10.1 Å². The maximum Gasteiger partial charge on any atom is 0.226 e. The number of aromatic nitrogens is 2. The van der Waals surface area contributed by atoms with Gasteiger partial charge in [0.15, 0.2) is 0 Å². The lowest BCUT2D eigenvalue weighted by Gasteiger charge is -2.07. The molecule has 0 saturated carbocycles. The van der Waals surface area contributed by atoms with Gasteiger partial charge in [0.25, 0.3) is 0 Å². The number of methoxy groups -OCH3 is 1. The summed E-state index contributed by atoms with van der Waals surface area (Å²) in [6.45, 7) is 5.11. The number of hydrogen-bond acceptors (Lipinski definition) is 4. The van der Waals surface area contributed by atoms with Crippen LogP contribution in [0.1, 0.15) is 51.1 Å². The molecule has 0 aliphatic rings. The van der Waals surface area contributed by atoms with E-state index in [1.165, 1.54) is 38.5 Å². The molecule has 0 radical (unpaired) electrons. The maximum atomic E-state index is 5.12. The smallest absolute Gasteiger partial charge is 0.226 e. The molecule has 1 aromatic rings. The van der Waals surface area contributed by atoms with Crippen LogP contribution in [0.5, 0.6) is 5.88 Å². The minimum absolute atomic E-state index is 0.618. The second kappa shape index (κ2) is 8.72. The van der Waals surface area contributed by atoms with Crippen molar-refractivity contribution < 1.29 is 4.74 Å². The Morgan fingerprint density at radius 3 is 2.56 bits per heavy atom. The third-order valence-electron chi connectivity index (χ3n) is 2.85. The molecule has 0 spiro atoms. The van der Waals surface area contributed by atoms with Crippen molar-refractivity contribution in [2.24, 2.45) is 0 Å². The highest BCUT2D eigenvalue weighted by molar-refractivity contribution is 5.30. The molecule has 0 aliphatic heterocycles. The molecule has 0 unspecified atom stereocenters. The topological polar surface area (TPSA) is 47.0 Å². The first kappa shape index (κ1) is 14.7. The first-order valence-electron chi connectivity index (χ1n) is 6.89. The summed E-state index contributed by atoms with van der Waals surface area (Å²) in [6.07, 6.45) is 7.78. The molecule has 18 heavy (non-hydrogen) atoms. The Labute approximate surface area is 110 Å². The molecule has 1 rings (SSSR count). The summed E-state index contributed by atoms with van der Waals surface area (Å²) in [5.74, 6) is 1.29. The lowest BCUT2D eigenvalue weighted by molar-refractivity contribution is 0.397. The van der Waals surface area contributed by atoms with Gasteiger partial charge in [0.1, 0.15) is 0 Å². The second-order valence-electron chi connectivity index (χ2n) is 4.57. The molecule has 0 fully saturated rings. The van der Waals surface area contributed by atoms with E-state index in [0.29, 0.717) is 11.8 Å². The summed E-state index contributed by atoms with van der Waals surface area (Å²) in [5.41, 5.74) is 0.923. The highest BCUT2D eigenvalue weighted by atomic mass is 16.5. The van der Waals surface area contributed by atoms with Crippen molar-refractivity contribution in [3.05, 3.63) is 11.8 Å². The van der Waals surface area contributed by atoms with E-state index < -0.39 is 0 Å². The fraction of sp³-hybridized carbons (Fsp3) is 0.714. The number of aryl methyl sites for hydroxylation is 1. The molecule has 0 amide bonds. The first-order chi connectivity index (χ1) is 8.76. The molecule has 0 atom stereocenters. The van der Waals surface area contributed by atoms with Gasteiger partial charge in [-0.15, -0.1) is 0 Å². The average molecular weight is 251 g/mol. The number of unbranched alkanes of at least 4 members (excludes halogenated alkanes) is 5. The zero-order chi connectivity index (χ0) is 13.2. The number of nitrogens with zero attached hydrogens (tertiary/aromatic N) is 2. The van der Waals surface area contributed by atoms with Crippen molar-refractivity contribution in [3.63, 3.8) is 0 Å². The highest BCUT2D eigenvalue weighted by Crippen LogP contribution is 2.11. The van der Waals surface area contributed by atoms with E-state index in [-0.39, 0.29) is 0 Å². The molecular weight excluding hydrogens is 226 g/mol. The first-order valence-corrected chi connectivity index (χ1v) is 6.89. The van der Waals surface area contributed by atoms with Gasteiger partial charge in [0, 0.05) is 18.3 Å². The highest BCUT2D eigenvalue weighted by Gasteiger charge is 2.01. The fourth-order valence-corrected chi connectivity index (χ4v) is 1.83. The van der Waals surface area contributed by atoms with Crippen molar-refractivity contribution in [2.45, 2.75) is 52.4 Å². The van der Waals surface area contributed by atoms with Gasteiger partial charge in [0.2, 0.25) is 11.8 Å². The predicted molar refractivity (Wildman–Crippen MR) is 75.2 cm³/mol. The average Bonchev–Trinajstić information content (AvgIpc) is 2.37. The van der Waals surface area contributed by atoms with Crippen molar-refractivity contribution in [3.8, 4) is 5.88 Å². The minimum atomic E-state index is 0.618. The van der Waals surface area contributed by atoms with Gasteiger partial charge in [-0.3, -0.25) is 0 Å². The molecule has 0 aliphatic carbocycles. The van der Waals surface area contributed by atoms with Crippen LogP contribution in [0.2, 0.25) is 0 Å². The van der Waals surface area contributed by atoms with Crippen molar-refractivity contribution in [1.29, 1.82) is 0 Å². The number of hydrogen-bond donors (Lipinski definition) is 1. The van der Waals surface area contributed by atoms with Crippen LogP contribution in [0, 0.1) is 6.92 Å². The molecule has 4 heteroatoms. The van der Waals surface area contributed by atoms with Gasteiger partial charge in [0.05, 0.1) is 7.11 Å². The van der Waals surface area contributed by atoms with Gasteiger partial charge >= 0.3 is 0 Å². The predicted octanol–water partition coefficient (Wildman–Crippen LogP) is 3.57. The number of anilines is 1. The van der Waals surface area contributed by atoms with Crippen LogP contribution in [-0.4, -0.2) is 23.6 Å². The summed E-state index contributed by atoms with van der Waals surface area (Å²) in [6, 6.07) is 1.83. The molecular formula is C14H25N3O. The summed E-state index contributed by atoms with van der Waals surface area (Å²) in [5, 5.41) is 3.25. The van der Waals surface area contributed by atoms with Crippen LogP contribution in [0.3, 0.4) is 0 Å². The van der Waals surface area contributed by atoms with Gasteiger partial charge < -0.3 is 10.1 Å². The van der Waals surface area contributed by atoms with Crippen LogP contribution in [0.15, 0.2) is 6.07 Å². The van der Waals surface area contributed by atoms with E-state index in [2.05, 4.69) is 22.2 Å². The monoisotopic (exact) mass is 251 g/mol. The SMILES string of the molecule is CCCCCCCCNc1nc(C)cc(OC)n1. The van der Waals surface area contributed by atoms with E-state index in [4.69, 9.17) is 4.74 Å². The van der Waals surface area contributed by atoms with E-state index in [9.17, 15) is 0 Å². The Bertz CT molecular complexity index is 342. The number of ether oxygens (including phenoxy) is 1. The fourth-order valence-electron chi connectivity index (χ4n) is 1.83. The summed E-state index contributed by atoms with van der Waals surface area (Å²) in [4.78, 5) is 8.58. The van der Waals surface area contributed by atoms with Gasteiger partial charge in [-0.1, -0.05) is 39.0 Å². The molecule has 102 valence electrons. The van der Waals surface area contributed by atoms with E-state index in [0.717, 1.165) is 12.2 Å². The lowest BCUT2D eigenvalue weighted by Crippen LogP contribution is -2.06. The summed E-state index contributed by atoms with van der Waals surface area (Å²) >= 11 is 0. The van der Waals surface area contributed by atoms with E-state index in [1.807, 2.05) is 13.0 Å². The lowest BCUT2D eigenvalue weighted by atomic mass is 10.1. The molecule has 1 N–H and O–H groups in total. The Morgan fingerprint density at radius 1 is 1.11 bits per heavy atom. The number of rotatable bonds is 9. The summed E-state index contributed by atoms with van der Waals surface area (Å²) < 4.78 is 5.12. The second-order valence-corrected chi connectivity index (χ2v) is 4.57. The minimum Gasteiger partial charge on any atom is -0.481 e. The number of nitrogens with one attached hydrogen (secondary N) is 1.